The molecule has 2 aromatic carbocycles. The number of pyridine rings is 2. The second kappa shape index (κ2) is 12.6. The average molecular weight is 543 g/mol. The van der Waals surface area contributed by atoms with Crippen LogP contribution in [0, 0.1) is 34.3 Å². The lowest BCUT2D eigenvalue weighted by molar-refractivity contribution is -2.00. The molecule has 0 spiro atoms. The number of fused-ring (bicyclic) bond motifs is 2. The molecule has 11 nitrogen and oxygen atoms in total. The van der Waals surface area contributed by atoms with Crippen molar-refractivity contribution in [2.24, 2.45) is 0 Å². The maximum absolute atomic E-state index is 10.8. The fourth-order valence-electron chi connectivity index (χ4n) is 3.69. The number of aromatic nitrogens is 2. The Morgan fingerprint density at radius 1 is 0.611 bits per heavy atom. The second-order valence-corrected chi connectivity index (χ2v) is 9.26. The zero-order chi connectivity index (χ0) is 27.1. The van der Waals surface area contributed by atoms with Gasteiger partial charge in [-0.2, -0.15) is 9.13 Å². The van der Waals surface area contributed by atoms with E-state index in [0.717, 1.165) is 11.0 Å². The third-order valence-electron chi connectivity index (χ3n) is 5.10. The maximum atomic E-state index is 10.8. The molecule has 0 radical (unpaired) electrons. The van der Waals surface area contributed by atoms with E-state index in [1.54, 1.807) is 0 Å². The first-order chi connectivity index (χ1) is 16.6. The molecule has 194 valence electrons. The van der Waals surface area contributed by atoms with Crippen LogP contribution in [0.25, 0.3) is 21.8 Å². The average Bonchev–Trinajstić information content (AvgIpc) is 2.76. The van der Waals surface area contributed by atoms with Crippen molar-refractivity contribution in [2.45, 2.75) is 33.0 Å². The highest BCUT2D eigenvalue weighted by molar-refractivity contribution is 5.79. The summed E-state index contributed by atoms with van der Waals surface area (Å²) in [6.07, 6.45) is 3.67. The van der Waals surface area contributed by atoms with Gasteiger partial charge in [-0.3, -0.25) is 0 Å². The van der Waals surface area contributed by atoms with Crippen LogP contribution in [-0.2, 0) is 13.1 Å². The fourth-order valence-corrected chi connectivity index (χ4v) is 3.69. The molecule has 0 bridgehead atoms. The van der Waals surface area contributed by atoms with E-state index in [2.05, 4.69) is 83.9 Å². The monoisotopic (exact) mass is 542 g/mol. The minimum atomic E-state index is -4.94. The van der Waals surface area contributed by atoms with Crippen LogP contribution in [0.1, 0.15) is 11.1 Å². The Morgan fingerprint density at radius 2 is 0.917 bits per heavy atom. The van der Waals surface area contributed by atoms with Crippen LogP contribution in [0.4, 0.5) is 0 Å². The molecule has 2 heterocycles. The molecular weight excluding hydrogens is 519 g/mol. The number of rotatable bonds is 4. The molecule has 0 unspecified atom stereocenters. The Labute approximate surface area is 211 Å². The number of nitrogens with zero attached hydrogens (tertiary/aromatic N) is 2. The summed E-state index contributed by atoms with van der Waals surface area (Å²) in [4.78, 5) is 0. The molecule has 4 aromatic rings. The third-order valence-corrected chi connectivity index (χ3v) is 5.10. The van der Waals surface area contributed by atoms with Crippen LogP contribution < -0.4 is 46.4 Å². The van der Waals surface area contributed by atoms with E-state index in [1.807, 2.05) is 12.1 Å². The van der Waals surface area contributed by atoms with E-state index in [4.69, 9.17) is 37.3 Å². The molecule has 0 amide bonds. The summed E-state index contributed by atoms with van der Waals surface area (Å²) in [6.45, 7) is 5.38. The first kappa shape index (κ1) is 29.7. The summed E-state index contributed by atoms with van der Waals surface area (Å²) in [5.41, 5.74) is 4.83. The summed E-state index contributed by atoms with van der Waals surface area (Å²) >= 11 is 0. The summed E-state index contributed by atoms with van der Waals surface area (Å²) < 4.78 is 72.2. The van der Waals surface area contributed by atoms with Gasteiger partial charge in [-0.05, 0) is 37.1 Å². The zero-order valence-electron chi connectivity index (χ0n) is 19.3. The van der Waals surface area contributed by atoms with E-state index in [0.29, 0.717) is 13.1 Å². The van der Waals surface area contributed by atoms with E-state index < -0.39 is 26.6 Å². The lowest BCUT2D eigenvalue weighted by Gasteiger charge is -2.17. The van der Waals surface area contributed by atoms with Crippen molar-refractivity contribution >= 4 is 21.8 Å². The van der Waals surface area contributed by atoms with Crippen molar-refractivity contribution in [1.82, 2.24) is 0 Å². The van der Waals surface area contributed by atoms with E-state index in [9.17, 15) is 5.11 Å². The summed E-state index contributed by atoms with van der Waals surface area (Å²) in [7, 11) is -9.89. The number of aliphatic hydroxyl groups is 1. The van der Waals surface area contributed by atoms with Gasteiger partial charge >= 0.3 is 0 Å². The van der Waals surface area contributed by atoms with Gasteiger partial charge in [-0.25, -0.2) is 37.3 Å². The Hall–Kier alpha value is -2.52. The number of para-hydroxylation sites is 2. The fraction of sp³-hybridized carbons (Fsp3) is 0.217. The third kappa shape index (κ3) is 10.2. The van der Waals surface area contributed by atoms with Gasteiger partial charge in [-0.15, -0.1) is 20.5 Å². The molecule has 0 aliphatic heterocycles. The van der Waals surface area contributed by atoms with Crippen LogP contribution in [0.5, 0.6) is 0 Å². The van der Waals surface area contributed by atoms with Crippen molar-refractivity contribution in [3.05, 3.63) is 84.2 Å². The van der Waals surface area contributed by atoms with Crippen LogP contribution in [0.3, 0.4) is 0 Å². The quantitative estimate of drug-likeness (QED) is 0.242. The first-order valence-electron chi connectivity index (χ1n) is 10.3. The highest BCUT2D eigenvalue weighted by atomic mass is 35.7. The number of aliphatic hydroxyl groups excluding tert-OH is 1. The molecule has 2 aromatic heterocycles. The van der Waals surface area contributed by atoms with Gasteiger partial charge < -0.3 is 5.11 Å². The van der Waals surface area contributed by atoms with Crippen LogP contribution in [0.2, 0.25) is 0 Å². The molecule has 36 heavy (non-hydrogen) atoms. The van der Waals surface area contributed by atoms with Crippen molar-refractivity contribution in [1.29, 1.82) is 0 Å². The molecular formula is C23H24Cl2N2O9. The van der Waals surface area contributed by atoms with Crippen molar-refractivity contribution in [2.75, 3.05) is 0 Å². The molecule has 0 aliphatic carbocycles. The van der Waals surface area contributed by atoms with Crippen LogP contribution in [-0.4, -0.2) is 11.2 Å². The molecule has 0 atom stereocenters. The van der Waals surface area contributed by atoms with Gasteiger partial charge in [0.15, 0.2) is 31.6 Å². The zero-order valence-corrected chi connectivity index (χ0v) is 20.8. The highest BCUT2D eigenvalue weighted by Crippen LogP contribution is 2.15. The largest absolute Gasteiger partial charge is 0.381 e. The number of hydrogen-bond donors (Lipinski definition) is 1. The summed E-state index contributed by atoms with van der Waals surface area (Å²) in [6, 6.07) is 20.9. The lowest BCUT2D eigenvalue weighted by atomic mass is 10.1. The van der Waals surface area contributed by atoms with Gasteiger partial charge in [0.05, 0.1) is 0 Å². The number of benzene rings is 2. The molecule has 4 rings (SSSR count). The van der Waals surface area contributed by atoms with Gasteiger partial charge in [0, 0.05) is 35.0 Å². The molecule has 0 aliphatic rings. The number of halogens is 2. The Morgan fingerprint density at radius 3 is 1.25 bits per heavy atom. The minimum Gasteiger partial charge on any atom is -0.381 e. The van der Waals surface area contributed by atoms with E-state index in [1.165, 1.54) is 21.9 Å². The van der Waals surface area contributed by atoms with Crippen LogP contribution >= 0.6 is 0 Å². The van der Waals surface area contributed by atoms with Crippen molar-refractivity contribution < 1.29 is 72.0 Å². The van der Waals surface area contributed by atoms with E-state index >= 15 is 0 Å². The molecule has 1 N–H and O–H groups in total. The van der Waals surface area contributed by atoms with Gasteiger partial charge in [0.25, 0.3) is 0 Å². The Kier molecular flexibility index (Phi) is 10.4. The molecule has 0 saturated heterocycles. The van der Waals surface area contributed by atoms with Gasteiger partial charge in [0.1, 0.15) is 0 Å². The summed E-state index contributed by atoms with van der Waals surface area (Å²) in [5, 5.41) is 13.2. The predicted octanol–water partition coefficient (Wildman–Crippen LogP) is -6.27. The first-order valence-corrected chi connectivity index (χ1v) is 12.8. The summed E-state index contributed by atoms with van der Waals surface area (Å²) in [5.74, 6) is 0. The van der Waals surface area contributed by atoms with Gasteiger partial charge in [0.2, 0.25) is 11.0 Å². The second-order valence-electron chi connectivity index (χ2n) is 7.75. The van der Waals surface area contributed by atoms with Crippen molar-refractivity contribution in [3.63, 3.8) is 0 Å². The van der Waals surface area contributed by atoms with Gasteiger partial charge in [-0.1, -0.05) is 24.3 Å². The molecule has 0 fully saturated rings. The topological polar surface area (TPSA) is 212 Å². The smallest absolute Gasteiger partial charge is 0.212 e. The highest BCUT2D eigenvalue weighted by Gasteiger charge is 2.21. The maximum Gasteiger partial charge on any atom is 0.212 e. The standard InChI is InChI=1S/C23H24N2O.2ClHO4/c1-17-11-13-24(22-9-5-3-7-20(17)22)15-19(26)16-25-14-12-18(2)21-8-4-6-10-23(21)25;2*2-1(3,4)5/h3-14,19,26H,15-16H2,1-2H3;2*(H,2,3,4,5)/q+2;;/p-2. The van der Waals surface area contributed by atoms with Crippen LogP contribution in [0.15, 0.2) is 73.1 Å². The normalized spacial score (nSPS) is 11.7. The van der Waals surface area contributed by atoms with E-state index in [-0.39, 0.29) is 0 Å². The SMILES string of the molecule is Cc1cc[n+](CC(O)C[n+]2ccc(C)c3ccccc32)c2ccccc12.[O-][Cl+3]([O-])([O-])[O-].[O-][Cl+3]([O-])([O-])[O-]. The molecule has 13 heteroatoms. The molecule has 0 saturated carbocycles. The number of aryl methyl sites for hydroxylation is 2. The predicted molar refractivity (Wildman–Crippen MR) is 104 cm³/mol. The minimum absolute atomic E-state index is 0.470. The lowest BCUT2D eigenvalue weighted by Crippen LogP contribution is -2.68. The number of hydrogen-bond acceptors (Lipinski definition) is 9. The Balaban J connectivity index is 0.000000389. The Bertz CT molecular complexity index is 1180. The van der Waals surface area contributed by atoms with Crippen molar-refractivity contribution in [3.8, 4) is 0 Å².